The molecule has 0 N–H and O–H groups in total. The fourth-order valence-electron chi connectivity index (χ4n) is 1.33. The van der Waals surface area contributed by atoms with E-state index in [1.807, 2.05) is 6.92 Å². The highest BCUT2D eigenvalue weighted by atomic mass is 19.1. The van der Waals surface area contributed by atoms with Crippen molar-refractivity contribution >= 4 is 6.29 Å². The fourth-order valence-corrected chi connectivity index (χ4v) is 1.33. The molecule has 0 aromatic heterocycles. The Morgan fingerprint density at radius 2 is 2.14 bits per heavy atom. The van der Waals surface area contributed by atoms with Gasteiger partial charge in [0.15, 0.2) is 0 Å². The Hall–Kier alpha value is -1.22. The molecular weight excluding hydrogens is 181 g/mol. The van der Waals surface area contributed by atoms with Crippen LogP contribution in [0.25, 0.3) is 0 Å². The van der Waals surface area contributed by atoms with Crippen LogP contribution in [0.15, 0.2) is 24.3 Å². The molecule has 0 heterocycles. The summed E-state index contributed by atoms with van der Waals surface area (Å²) in [5.74, 6) is -0.224. The second-order valence-corrected chi connectivity index (χ2v) is 3.30. The second kappa shape index (κ2) is 4.86. The highest BCUT2D eigenvalue weighted by Gasteiger charge is 2.14. The first-order valence-electron chi connectivity index (χ1n) is 4.55. The van der Waals surface area contributed by atoms with E-state index in [-0.39, 0.29) is 11.9 Å². The predicted octanol–water partition coefficient (Wildman–Crippen LogP) is 2.02. The van der Waals surface area contributed by atoms with E-state index in [1.54, 1.807) is 30.1 Å². The van der Waals surface area contributed by atoms with E-state index in [2.05, 4.69) is 0 Å². The van der Waals surface area contributed by atoms with Crippen LogP contribution in [0.4, 0.5) is 4.39 Å². The van der Waals surface area contributed by atoms with Gasteiger partial charge in [-0.05, 0) is 20.0 Å². The number of likely N-dealkylation sites (N-methyl/N-ethyl adjacent to an activating group) is 1. The lowest BCUT2D eigenvalue weighted by atomic mass is 10.1. The van der Waals surface area contributed by atoms with Gasteiger partial charge in [-0.25, -0.2) is 4.39 Å². The molecule has 2 nitrogen and oxygen atoms in total. The summed E-state index contributed by atoms with van der Waals surface area (Å²) < 4.78 is 13.3. The number of nitrogens with zero attached hydrogens (tertiary/aromatic N) is 1. The van der Waals surface area contributed by atoms with Crippen molar-refractivity contribution in [3.63, 3.8) is 0 Å². The van der Waals surface area contributed by atoms with Crippen LogP contribution in [0.3, 0.4) is 0 Å². The van der Waals surface area contributed by atoms with Gasteiger partial charge in [0.05, 0.1) is 6.54 Å². The maximum absolute atomic E-state index is 13.3. The van der Waals surface area contributed by atoms with E-state index in [4.69, 9.17) is 0 Å². The summed E-state index contributed by atoms with van der Waals surface area (Å²) in [5.41, 5.74) is 0.622. The second-order valence-electron chi connectivity index (χ2n) is 3.30. The van der Waals surface area contributed by atoms with E-state index in [0.29, 0.717) is 12.1 Å². The van der Waals surface area contributed by atoms with E-state index in [1.165, 1.54) is 6.07 Å². The molecule has 0 saturated carbocycles. The van der Waals surface area contributed by atoms with Crippen molar-refractivity contribution in [2.45, 2.75) is 13.0 Å². The number of hydrogen-bond acceptors (Lipinski definition) is 2. The minimum Gasteiger partial charge on any atom is -0.302 e. The molecule has 0 radical (unpaired) electrons. The monoisotopic (exact) mass is 195 g/mol. The molecule has 0 saturated heterocycles. The Bertz CT molecular complexity index is 314. The summed E-state index contributed by atoms with van der Waals surface area (Å²) in [6.45, 7) is 2.19. The van der Waals surface area contributed by atoms with Crippen molar-refractivity contribution in [2.75, 3.05) is 13.6 Å². The van der Waals surface area contributed by atoms with E-state index >= 15 is 0 Å². The van der Waals surface area contributed by atoms with Crippen LogP contribution in [0.2, 0.25) is 0 Å². The molecule has 0 amide bonds. The van der Waals surface area contributed by atoms with Gasteiger partial charge < -0.3 is 4.79 Å². The van der Waals surface area contributed by atoms with Crippen LogP contribution >= 0.6 is 0 Å². The Balaban J connectivity index is 2.83. The smallest absolute Gasteiger partial charge is 0.133 e. The fraction of sp³-hybridized carbons (Fsp3) is 0.364. The summed E-state index contributed by atoms with van der Waals surface area (Å²) in [5, 5.41) is 0. The molecule has 1 aromatic carbocycles. The van der Waals surface area contributed by atoms with Crippen molar-refractivity contribution in [1.82, 2.24) is 4.90 Å². The van der Waals surface area contributed by atoms with Gasteiger partial charge >= 0.3 is 0 Å². The average Bonchev–Trinajstić information content (AvgIpc) is 2.18. The summed E-state index contributed by atoms with van der Waals surface area (Å²) in [7, 11) is 1.80. The molecule has 14 heavy (non-hydrogen) atoms. The quantitative estimate of drug-likeness (QED) is 0.685. The number of aldehydes is 1. The number of halogens is 1. The van der Waals surface area contributed by atoms with Crippen molar-refractivity contribution in [3.8, 4) is 0 Å². The number of carbonyl (C=O) groups excluding carboxylic acids is 1. The zero-order valence-electron chi connectivity index (χ0n) is 8.40. The van der Waals surface area contributed by atoms with Gasteiger partial charge in [0.2, 0.25) is 0 Å². The molecule has 0 aliphatic rings. The van der Waals surface area contributed by atoms with Crippen LogP contribution < -0.4 is 0 Å². The molecule has 1 atom stereocenters. The average molecular weight is 195 g/mol. The Morgan fingerprint density at radius 1 is 1.50 bits per heavy atom. The molecule has 1 aromatic rings. The third-order valence-electron chi connectivity index (χ3n) is 2.38. The minimum atomic E-state index is -0.224. The molecule has 0 aliphatic heterocycles. The molecular formula is C11H14FNO. The van der Waals surface area contributed by atoms with Crippen LogP contribution in [0, 0.1) is 5.82 Å². The Kier molecular flexibility index (Phi) is 3.77. The van der Waals surface area contributed by atoms with Gasteiger partial charge in [0, 0.05) is 11.6 Å². The lowest BCUT2D eigenvalue weighted by molar-refractivity contribution is -0.109. The predicted molar refractivity (Wildman–Crippen MR) is 53.5 cm³/mol. The first-order chi connectivity index (χ1) is 6.66. The molecule has 0 bridgehead atoms. The SMILES string of the molecule is CC(c1ccccc1F)N(C)CC=O. The molecule has 1 unspecified atom stereocenters. The summed E-state index contributed by atoms with van der Waals surface area (Å²) >= 11 is 0. The first kappa shape index (κ1) is 10.9. The van der Waals surface area contributed by atoms with Crippen molar-refractivity contribution in [1.29, 1.82) is 0 Å². The largest absolute Gasteiger partial charge is 0.302 e. The molecule has 0 aliphatic carbocycles. The van der Waals surface area contributed by atoms with E-state index in [9.17, 15) is 9.18 Å². The number of rotatable bonds is 4. The normalized spacial score (nSPS) is 12.9. The minimum absolute atomic E-state index is 0.0820. The van der Waals surface area contributed by atoms with Crippen LogP contribution in [0.5, 0.6) is 0 Å². The molecule has 0 fully saturated rings. The Morgan fingerprint density at radius 3 is 2.71 bits per heavy atom. The lowest BCUT2D eigenvalue weighted by Gasteiger charge is -2.22. The third kappa shape index (κ3) is 2.39. The molecule has 76 valence electrons. The maximum atomic E-state index is 13.3. The van der Waals surface area contributed by atoms with Crippen LogP contribution in [-0.4, -0.2) is 24.8 Å². The van der Waals surface area contributed by atoms with Crippen molar-refractivity contribution < 1.29 is 9.18 Å². The summed E-state index contributed by atoms with van der Waals surface area (Å²) in [4.78, 5) is 12.1. The van der Waals surface area contributed by atoms with Crippen molar-refractivity contribution in [2.24, 2.45) is 0 Å². The van der Waals surface area contributed by atoms with Gasteiger partial charge in [-0.2, -0.15) is 0 Å². The highest BCUT2D eigenvalue weighted by molar-refractivity contribution is 5.52. The Labute approximate surface area is 83.3 Å². The number of carbonyl (C=O) groups is 1. The highest BCUT2D eigenvalue weighted by Crippen LogP contribution is 2.20. The van der Waals surface area contributed by atoms with Crippen LogP contribution in [0.1, 0.15) is 18.5 Å². The molecule has 0 spiro atoms. The zero-order valence-corrected chi connectivity index (χ0v) is 8.40. The van der Waals surface area contributed by atoms with E-state index < -0.39 is 0 Å². The number of benzene rings is 1. The van der Waals surface area contributed by atoms with Crippen molar-refractivity contribution in [3.05, 3.63) is 35.6 Å². The van der Waals surface area contributed by atoms with E-state index in [0.717, 1.165) is 6.29 Å². The molecule has 3 heteroatoms. The zero-order chi connectivity index (χ0) is 10.6. The van der Waals surface area contributed by atoms with Gasteiger partial charge in [0.1, 0.15) is 12.1 Å². The lowest BCUT2D eigenvalue weighted by Crippen LogP contribution is -2.24. The topological polar surface area (TPSA) is 20.3 Å². The summed E-state index contributed by atoms with van der Waals surface area (Å²) in [6.07, 6.45) is 0.817. The van der Waals surface area contributed by atoms with Gasteiger partial charge in [-0.1, -0.05) is 18.2 Å². The molecule has 1 rings (SSSR count). The first-order valence-corrected chi connectivity index (χ1v) is 4.55. The van der Waals surface area contributed by atoms with Crippen LogP contribution in [-0.2, 0) is 4.79 Å². The van der Waals surface area contributed by atoms with Gasteiger partial charge in [-0.3, -0.25) is 4.90 Å². The maximum Gasteiger partial charge on any atom is 0.133 e. The van der Waals surface area contributed by atoms with Gasteiger partial charge in [0.25, 0.3) is 0 Å². The van der Waals surface area contributed by atoms with Gasteiger partial charge in [-0.15, -0.1) is 0 Å². The third-order valence-corrected chi connectivity index (χ3v) is 2.38. The number of hydrogen-bond donors (Lipinski definition) is 0. The standard InChI is InChI=1S/C11H14FNO/c1-9(13(2)7-8-14)10-5-3-4-6-11(10)12/h3-6,8-9H,7H2,1-2H3. The summed E-state index contributed by atoms with van der Waals surface area (Å²) in [6, 6.07) is 6.54.